The molecule has 0 saturated heterocycles. The summed E-state index contributed by atoms with van der Waals surface area (Å²) in [7, 11) is 0. The Morgan fingerprint density at radius 3 is 2.89 bits per heavy atom. The highest BCUT2D eigenvalue weighted by atomic mass is 19.4. The number of anilines is 1. The van der Waals surface area contributed by atoms with E-state index >= 15 is 0 Å². The van der Waals surface area contributed by atoms with Crippen LogP contribution in [-0.2, 0) is 4.79 Å². The van der Waals surface area contributed by atoms with Gasteiger partial charge >= 0.3 is 6.18 Å². The molecule has 0 aliphatic rings. The number of carbonyl (C=O) groups is 1. The van der Waals surface area contributed by atoms with E-state index in [0.29, 0.717) is 11.2 Å². The summed E-state index contributed by atoms with van der Waals surface area (Å²) in [5, 5.41) is 9.79. The van der Waals surface area contributed by atoms with Gasteiger partial charge in [0.25, 0.3) is 0 Å². The molecule has 1 aromatic carbocycles. The summed E-state index contributed by atoms with van der Waals surface area (Å²) in [6, 6.07) is 4.95. The Morgan fingerprint density at radius 1 is 1.39 bits per heavy atom. The number of nitrogens with one attached hydrogen (secondary N) is 2. The minimum atomic E-state index is -4.31. The fraction of sp³-hybridized carbons (Fsp3) is 0.273. The molecule has 2 aromatic rings. The van der Waals surface area contributed by atoms with Crippen molar-refractivity contribution < 1.29 is 18.0 Å². The molecular formula is C11H10F3N3O. The van der Waals surface area contributed by atoms with E-state index in [1.807, 2.05) is 0 Å². The van der Waals surface area contributed by atoms with Gasteiger partial charge in [0.05, 0.1) is 18.1 Å². The minimum absolute atomic E-state index is 0.443. The van der Waals surface area contributed by atoms with Gasteiger partial charge in [-0.05, 0) is 18.2 Å². The first-order valence-corrected chi connectivity index (χ1v) is 5.24. The summed E-state index contributed by atoms with van der Waals surface area (Å²) in [6.45, 7) is 0. The van der Waals surface area contributed by atoms with Crippen molar-refractivity contribution in [2.75, 3.05) is 5.32 Å². The normalized spacial score (nSPS) is 11.7. The van der Waals surface area contributed by atoms with Gasteiger partial charge in [-0.25, -0.2) is 0 Å². The van der Waals surface area contributed by atoms with E-state index in [1.165, 1.54) is 0 Å². The molecule has 0 unspecified atom stereocenters. The zero-order chi connectivity index (χ0) is 13.2. The first kappa shape index (κ1) is 12.4. The highest BCUT2D eigenvalue weighted by molar-refractivity contribution is 5.93. The maximum Gasteiger partial charge on any atom is 0.389 e. The molecule has 2 rings (SSSR count). The van der Waals surface area contributed by atoms with Crippen LogP contribution in [0.4, 0.5) is 18.9 Å². The number of amides is 1. The third kappa shape index (κ3) is 3.22. The van der Waals surface area contributed by atoms with Gasteiger partial charge in [-0.1, -0.05) is 0 Å². The Morgan fingerprint density at radius 2 is 2.17 bits per heavy atom. The molecule has 96 valence electrons. The van der Waals surface area contributed by atoms with Crippen molar-refractivity contribution >= 4 is 22.5 Å². The van der Waals surface area contributed by atoms with Crippen molar-refractivity contribution in [3.63, 3.8) is 0 Å². The lowest BCUT2D eigenvalue weighted by atomic mass is 10.2. The number of aromatic amines is 1. The maximum absolute atomic E-state index is 11.9. The van der Waals surface area contributed by atoms with Crippen LogP contribution in [0, 0.1) is 0 Å². The quantitative estimate of drug-likeness (QED) is 0.888. The van der Waals surface area contributed by atoms with Crippen LogP contribution >= 0.6 is 0 Å². The Bertz CT molecular complexity index is 562. The zero-order valence-electron chi connectivity index (χ0n) is 9.21. The van der Waals surface area contributed by atoms with Crippen LogP contribution < -0.4 is 5.32 Å². The van der Waals surface area contributed by atoms with Crippen LogP contribution in [0.15, 0.2) is 24.4 Å². The van der Waals surface area contributed by atoms with Gasteiger partial charge in [0.1, 0.15) is 0 Å². The molecule has 0 aliphatic heterocycles. The molecule has 1 aromatic heterocycles. The summed E-state index contributed by atoms with van der Waals surface area (Å²) in [5.74, 6) is -0.661. The highest BCUT2D eigenvalue weighted by Crippen LogP contribution is 2.22. The van der Waals surface area contributed by atoms with Gasteiger partial charge in [-0.3, -0.25) is 9.89 Å². The second-order valence-electron chi connectivity index (χ2n) is 3.84. The molecule has 0 fully saturated rings. The van der Waals surface area contributed by atoms with Gasteiger partial charge in [-0.2, -0.15) is 18.3 Å². The van der Waals surface area contributed by atoms with Gasteiger partial charge in [0.15, 0.2) is 0 Å². The summed E-state index contributed by atoms with van der Waals surface area (Å²) in [5.41, 5.74) is 1.16. The number of H-pyrrole nitrogens is 1. The molecule has 4 nitrogen and oxygen atoms in total. The molecule has 0 bridgehead atoms. The number of hydrogen-bond donors (Lipinski definition) is 2. The van der Waals surface area contributed by atoms with Crippen molar-refractivity contribution in [3.8, 4) is 0 Å². The van der Waals surface area contributed by atoms with E-state index in [1.54, 1.807) is 24.4 Å². The Hall–Kier alpha value is -2.05. The molecule has 0 atom stereocenters. The fourth-order valence-electron chi connectivity index (χ4n) is 1.49. The number of halogens is 3. The number of benzene rings is 1. The second kappa shape index (κ2) is 4.67. The lowest BCUT2D eigenvalue weighted by Crippen LogP contribution is -2.16. The molecule has 18 heavy (non-hydrogen) atoms. The van der Waals surface area contributed by atoms with Gasteiger partial charge in [0.2, 0.25) is 5.91 Å². The lowest BCUT2D eigenvalue weighted by molar-refractivity contribution is -0.142. The Kier molecular flexibility index (Phi) is 3.22. The summed E-state index contributed by atoms with van der Waals surface area (Å²) in [6.07, 6.45) is -4.40. The fourth-order valence-corrected chi connectivity index (χ4v) is 1.49. The van der Waals surface area contributed by atoms with Crippen LogP contribution in [0.25, 0.3) is 10.9 Å². The van der Waals surface area contributed by atoms with Crippen molar-refractivity contribution in [3.05, 3.63) is 24.4 Å². The standard InChI is InChI=1S/C11H10F3N3O/c12-11(13,14)4-3-10(18)16-8-2-1-7-6-15-17-9(7)5-8/h1-2,5-6H,3-4H2,(H,15,17)(H,16,18). The molecule has 0 radical (unpaired) electrons. The number of hydrogen-bond acceptors (Lipinski definition) is 2. The van der Waals surface area contributed by atoms with Gasteiger partial charge in [0, 0.05) is 17.5 Å². The van der Waals surface area contributed by atoms with E-state index in [4.69, 9.17) is 0 Å². The van der Waals surface area contributed by atoms with Gasteiger partial charge < -0.3 is 5.32 Å². The van der Waals surface area contributed by atoms with Crippen molar-refractivity contribution in [2.24, 2.45) is 0 Å². The molecular weight excluding hydrogens is 247 g/mol. The van der Waals surface area contributed by atoms with Crippen molar-refractivity contribution in [2.45, 2.75) is 19.0 Å². The lowest BCUT2D eigenvalue weighted by Gasteiger charge is -2.07. The summed E-state index contributed by atoms with van der Waals surface area (Å²) < 4.78 is 35.8. The topological polar surface area (TPSA) is 57.8 Å². The number of fused-ring (bicyclic) bond motifs is 1. The number of alkyl halides is 3. The molecule has 7 heteroatoms. The van der Waals surface area contributed by atoms with E-state index in [9.17, 15) is 18.0 Å². The number of rotatable bonds is 3. The molecule has 2 N–H and O–H groups in total. The predicted octanol–water partition coefficient (Wildman–Crippen LogP) is 2.84. The van der Waals surface area contributed by atoms with Crippen molar-refractivity contribution in [1.82, 2.24) is 10.2 Å². The van der Waals surface area contributed by atoms with Crippen LogP contribution in [0.3, 0.4) is 0 Å². The molecule has 1 amide bonds. The third-order valence-corrected chi connectivity index (χ3v) is 2.36. The monoisotopic (exact) mass is 257 g/mol. The zero-order valence-corrected chi connectivity index (χ0v) is 9.21. The van der Waals surface area contributed by atoms with E-state index < -0.39 is 24.9 Å². The van der Waals surface area contributed by atoms with E-state index in [0.717, 1.165) is 5.39 Å². The highest BCUT2D eigenvalue weighted by Gasteiger charge is 2.27. The minimum Gasteiger partial charge on any atom is -0.326 e. The summed E-state index contributed by atoms with van der Waals surface area (Å²) in [4.78, 5) is 11.3. The van der Waals surface area contributed by atoms with Gasteiger partial charge in [-0.15, -0.1) is 0 Å². The predicted molar refractivity (Wildman–Crippen MR) is 60.0 cm³/mol. The van der Waals surface area contributed by atoms with Crippen LogP contribution in [0.1, 0.15) is 12.8 Å². The number of carbonyl (C=O) groups excluding carboxylic acids is 1. The average Bonchev–Trinajstić information content (AvgIpc) is 2.72. The summed E-state index contributed by atoms with van der Waals surface area (Å²) >= 11 is 0. The maximum atomic E-state index is 11.9. The average molecular weight is 257 g/mol. The van der Waals surface area contributed by atoms with Crippen LogP contribution in [0.2, 0.25) is 0 Å². The largest absolute Gasteiger partial charge is 0.389 e. The molecule has 0 spiro atoms. The van der Waals surface area contributed by atoms with E-state index in [2.05, 4.69) is 15.5 Å². The number of aromatic nitrogens is 2. The third-order valence-electron chi connectivity index (χ3n) is 2.36. The molecule has 0 saturated carbocycles. The first-order valence-electron chi connectivity index (χ1n) is 5.24. The first-order chi connectivity index (χ1) is 8.44. The molecule has 0 aliphatic carbocycles. The van der Waals surface area contributed by atoms with Crippen LogP contribution in [-0.4, -0.2) is 22.3 Å². The Balaban J connectivity index is 1.98. The van der Waals surface area contributed by atoms with E-state index in [-0.39, 0.29) is 0 Å². The van der Waals surface area contributed by atoms with Crippen molar-refractivity contribution in [1.29, 1.82) is 0 Å². The second-order valence-corrected chi connectivity index (χ2v) is 3.84. The van der Waals surface area contributed by atoms with Crippen LogP contribution in [0.5, 0.6) is 0 Å². The number of nitrogens with zero attached hydrogens (tertiary/aromatic N) is 1. The Labute approximate surface area is 100 Å². The molecule has 1 heterocycles. The SMILES string of the molecule is O=C(CCC(F)(F)F)Nc1ccc2cn[nH]c2c1. The smallest absolute Gasteiger partial charge is 0.326 e.